The smallest absolute Gasteiger partial charge is 0.185 e. The summed E-state index contributed by atoms with van der Waals surface area (Å²) in [5.74, 6) is 0.0711. The highest BCUT2D eigenvalue weighted by atomic mass is 19.1. The highest BCUT2D eigenvalue weighted by Gasteiger charge is 2.14. The number of fused-ring (bicyclic) bond motifs is 1. The highest BCUT2D eigenvalue weighted by molar-refractivity contribution is 5.83. The number of hydrogen-bond donors (Lipinski definition) is 0. The van der Waals surface area contributed by atoms with E-state index >= 15 is 0 Å². The van der Waals surface area contributed by atoms with Gasteiger partial charge in [-0.05, 0) is 32.4 Å². The van der Waals surface area contributed by atoms with Gasteiger partial charge in [-0.2, -0.15) is 0 Å². The van der Waals surface area contributed by atoms with E-state index < -0.39 is 0 Å². The normalized spacial score (nSPS) is 11.3. The Morgan fingerprint density at radius 1 is 1.44 bits per heavy atom. The summed E-state index contributed by atoms with van der Waals surface area (Å²) in [5.41, 5.74) is 1.87. The van der Waals surface area contributed by atoms with Crippen LogP contribution in [0.15, 0.2) is 12.1 Å². The van der Waals surface area contributed by atoms with Gasteiger partial charge >= 0.3 is 0 Å². The monoisotopic (exact) mass is 220 g/mol. The Kier molecular flexibility index (Phi) is 2.50. The fraction of sp³-hybridized carbons (Fsp3) is 0.333. The summed E-state index contributed by atoms with van der Waals surface area (Å²) < 4.78 is 15.2. The summed E-state index contributed by atoms with van der Waals surface area (Å²) >= 11 is 0. The van der Waals surface area contributed by atoms with Gasteiger partial charge in [0.25, 0.3) is 0 Å². The molecule has 1 aromatic heterocycles. The van der Waals surface area contributed by atoms with Gasteiger partial charge < -0.3 is 4.57 Å². The third kappa shape index (κ3) is 1.50. The maximum atomic E-state index is 13.5. The van der Waals surface area contributed by atoms with E-state index in [0.717, 1.165) is 0 Å². The molecule has 0 saturated carbocycles. The second-order valence-electron chi connectivity index (χ2n) is 4.14. The lowest BCUT2D eigenvalue weighted by Gasteiger charge is -2.10. The largest absolute Gasteiger partial charge is 0.319 e. The van der Waals surface area contributed by atoms with Crippen LogP contribution in [-0.2, 0) is 0 Å². The first-order chi connectivity index (χ1) is 7.54. The van der Waals surface area contributed by atoms with Crippen LogP contribution < -0.4 is 0 Å². The Hall–Kier alpha value is -1.71. The van der Waals surface area contributed by atoms with Crippen LogP contribution in [0.1, 0.15) is 36.1 Å². The van der Waals surface area contributed by atoms with Crippen LogP contribution in [0.25, 0.3) is 11.0 Å². The molecule has 1 heterocycles. The van der Waals surface area contributed by atoms with Crippen LogP contribution >= 0.6 is 0 Å². The number of imidazole rings is 1. The molecule has 16 heavy (non-hydrogen) atoms. The van der Waals surface area contributed by atoms with Gasteiger partial charge in [-0.15, -0.1) is 0 Å². The molecule has 4 heteroatoms. The average molecular weight is 220 g/mol. The fourth-order valence-corrected chi connectivity index (χ4v) is 1.86. The van der Waals surface area contributed by atoms with E-state index in [4.69, 9.17) is 0 Å². The van der Waals surface area contributed by atoms with Gasteiger partial charge in [0.15, 0.2) is 12.1 Å². The number of hydrogen-bond acceptors (Lipinski definition) is 2. The first-order valence-electron chi connectivity index (χ1n) is 5.18. The summed E-state index contributed by atoms with van der Waals surface area (Å²) in [6, 6.07) is 3.17. The van der Waals surface area contributed by atoms with Crippen molar-refractivity contribution >= 4 is 17.3 Å². The Bertz CT molecular complexity index is 558. The predicted octanol–water partition coefficient (Wildman–Crippen LogP) is 2.88. The highest BCUT2D eigenvalue weighted by Crippen LogP contribution is 2.23. The van der Waals surface area contributed by atoms with Crippen molar-refractivity contribution in [1.29, 1.82) is 0 Å². The summed E-state index contributed by atoms with van der Waals surface area (Å²) in [6.07, 6.45) is 0.702. The SMILES string of the molecule is Cc1cc2nc(C=O)n(C(C)C)c2cc1F. The lowest BCUT2D eigenvalue weighted by Crippen LogP contribution is -2.05. The van der Waals surface area contributed by atoms with Gasteiger partial charge in [0.05, 0.1) is 11.0 Å². The zero-order valence-electron chi connectivity index (χ0n) is 9.49. The third-order valence-corrected chi connectivity index (χ3v) is 2.62. The topological polar surface area (TPSA) is 34.9 Å². The molecule has 1 aromatic carbocycles. The molecule has 2 aromatic rings. The van der Waals surface area contributed by atoms with E-state index in [1.807, 2.05) is 13.8 Å². The van der Waals surface area contributed by atoms with Crippen LogP contribution in [0.3, 0.4) is 0 Å². The summed E-state index contributed by atoms with van der Waals surface area (Å²) in [6.45, 7) is 5.56. The first-order valence-corrected chi connectivity index (χ1v) is 5.18. The third-order valence-electron chi connectivity index (χ3n) is 2.62. The summed E-state index contributed by atoms with van der Waals surface area (Å²) in [4.78, 5) is 15.1. The minimum atomic E-state index is -0.272. The van der Waals surface area contributed by atoms with E-state index in [-0.39, 0.29) is 11.9 Å². The Balaban J connectivity index is 2.84. The van der Waals surface area contributed by atoms with Crippen LogP contribution in [-0.4, -0.2) is 15.8 Å². The molecule has 0 spiro atoms. The molecule has 0 aliphatic rings. The van der Waals surface area contributed by atoms with Crippen molar-refractivity contribution in [3.8, 4) is 0 Å². The summed E-state index contributed by atoms with van der Waals surface area (Å²) in [7, 11) is 0. The number of halogens is 1. The lowest BCUT2D eigenvalue weighted by molar-refractivity contribution is 0.111. The van der Waals surface area contributed by atoms with Crippen molar-refractivity contribution in [2.24, 2.45) is 0 Å². The van der Waals surface area contributed by atoms with Crippen LogP contribution in [0.2, 0.25) is 0 Å². The van der Waals surface area contributed by atoms with Crippen molar-refractivity contribution in [3.63, 3.8) is 0 Å². The van der Waals surface area contributed by atoms with E-state index in [0.29, 0.717) is 28.7 Å². The quantitative estimate of drug-likeness (QED) is 0.729. The maximum absolute atomic E-state index is 13.5. The molecule has 0 atom stereocenters. The van der Waals surface area contributed by atoms with Gasteiger partial charge in [0, 0.05) is 12.1 Å². The van der Waals surface area contributed by atoms with Gasteiger partial charge in [-0.25, -0.2) is 9.37 Å². The van der Waals surface area contributed by atoms with Crippen molar-refractivity contribution in [2.75, 3.05) is 0 Å². The molecule has 3 nitrogen and oxygen atoms in total. The molecule has 2 rings (SSSR count). The second kappa shape index (κ2) is 3.70. The number of benzene rings is 1. The number of carbonyl (C=O) groups excluding carboxylic acids is 1. The predicted molar refractivity (Wildman–Crippen MR) is 60.2 cm³/mol. The van der Waals surface area contributed by atoms with Crippen LogP contribution in [0.4, 0.5) is 4.39 Å². The number of nitrogens with zero attached hydrogens (tertiary/aromatic N) is 2. The molecule has 0 N–H and O–H groups in total. The van der Waals surface area contributed by atoms with Crippen molar-refractivity contribution < 1.29 is 9.18 Å². The van der Waals surface area contributed by atoms with Gasteiger partial charge in [0.1, 0.15) is 5.82 Å². The molecule has 84 valence electrons. The zero-order chi connectivity index (χ0) is 11.9. The maximum Gasteiger partial charge on any atom is 0.185 e. The minimum absolute atomic E-state index is 0.0762. The second-order valence-corrected chi connectivity index (χ2v) is 4.14. The molecular formula is C12H13FN2O. The first kappa shape index (κ1) is 10.8. The Labute approximate surface area is 92.9 Å². The van der Waals surface area contributed by atoms with E-state index in [1.165, 1.54) is 6.07 Å². The number of aldehydes is 1. The van der Waals surface area contributed by atoms with Crippen molar-refractivity contribution in [3.05, 3.63) is 29.3 Å². The number of carbonyl (C=O) groups is 1. The molecule has 0 aliphatic carbocycles. The molecule has 0 amide bonds. The minimum Gasteiger partial charge on any atom is -0.319 e. The van der Waals surface area contributed by atoms with Gasteiger partial charge in [-0.3, -0.25) is 4.79 Å². The molecule has 0 saturated heterocycles. The number of aromatic nitrogens is 2. The Morgan fingerprint density at radius 2 is 2.12 bits per heavy atom. The van der Waals surface area contributed by atoms with Crippen molar-refractivity contribution in [1.82, 2.24) is 9.55 Å². The molecular weight excluding hydrogens is 207 g/mol. The van der Waals surface area contributed by atoms with Gasteiger partial charge in [0.2, 0.25) is 0 Å². The molecule has 0 bridgehead atoms. The molecule has 0 aliphatic heterocycles. The van der Waals surface area contributed by atoms with Crippen LogP contribution in [0, 0.1) is 12.7 Å². The Morgan fingerprint density at radius 3 is 2.69 bits per heavy atom. The zero-order valence-corrected chi connectivity index (χ0v) is 9.49. The van der Waals surface area contributed by atoms with E-state index in [2.05, 4.69) is 4.98 Å². The average Bonchev–Trinajstić information content (AvgIpc) is 2.56. The van der Waals surface area contributed by atoms with Crippen LogP contribution in [0.5, 0.6) is 0 Å². The van der Waals surface area contributed by atoms with Gasteiger partial charge in [-0.1, -0.05) is 0 Å². The van der Waals surface area contributed by atoms with E-state index in [1.54, 1.807) is 17.6 Å². The summed E-state index contributed by atoms with van der Waals surface area (Å²) in [5, 5.41) is 0. The number of aryl methyl sites for hydroxylation is 1. The van der Waals surface area contributed by atoms with E-state index in [9.17, 15) is 9.18 Å². The van der Waals surface area contributed by atoms with Crippen molar-refractivity contribution in [2.45, 2.75) is 26.8 Å². The molecule has 0 fully saturated rings. The fourth-order valence-electron chi connectivity index (χ4n) is 1.86. The standard InChI is InChI=1S/C12H13FN2O/c1-7(2)15-11-5-9(13)8(3)4-10(11)14-12(15)6-16/h4-7H,1-3H3. The number of rotatable bonds is 2. The molecule has 0 radical (unpaired) electrons. The lowest BCUT2D eigenvalue weighted by atomic mass is 10.2. The molecule has 0 unspecified atom stereocenters.